The number of hydrogen-bond acceptors (Lipinski definition) is 5. The van der Waals surface area contributed by atoms with Crippen molar-refractivity contribution in [3.8, 4) is 11.5 Å². The average molecular weight is 496 g/mol. The van der Waals surface area contributed by atoms with E-state index in [0.717, 1.165) is 12.1 Å². The van der Waals surface area contributed by atoms with Gasteiger partial charge in [0.05, 0.1) is 24.6 Å². The Hall–Kier alpha value is -4.35. The van der Waals surface area contributed by atoms with Crippen molar-refractivity contribution in [2.45, 2.75) is 12.8 Å². The lowest BCUT2D eigenvalue weighted by molar-refractivity contribution is -0.136. The third-order valence-electron chi connectivity index (χ3n) is 4.42. The molecule has 2 aromatic carbocycles. The first-order chi connectivity index (χ1) is 16.6. The Kier molecular flexibility index (Phi) is 7.74. The van der Waals surface area contributed by atoms with Gasteiger partial charge in [0, 0.05) is 11.8 Å². The van der Waals surface area contributed by atoms with Gasteiger partial charge in [0.2, 0.25) is 5.91 Å². The van der Waals surface area contributed by atoms with Crippen LogP contribution < -0.4 is 20.1 Å². The summed E-state index contributed by atoms with van der Waals surface area (Å²) in [5, 5.41) is 4.41. The Morgan fingerprint density at radius 1 is 1.03 bits per heavy atom. The molecule has 12 heteroatoms. The first-order valence-electron chi connectivity index (χ1n) is 9.75. The lowest BCUT2D eigenvalue weighted by atomic mass is 10.1. The summed E-state index contributed by atoms with van der Waals surface area (Å²) in [7, 11) is 1.23. The van der Waals surface area contributed by atoms with Crippen LogP contribution in [0.5, 0.6) is 11.5 Å². The maximum atomic E-state index is 13.6. The minimum Gasteiger partial charge on any atom is -0.493 e. The molecule has 0 spiro atoms. The van der Waals surface area contributed by atoms with Crippen LogP contribution in [0.1, 0.15) is 21.7 Å². The van der Waals surface area contributed by atoms with Crippen LogP contribution in [0, 0.1) is 0 Å². The second-order valence-corrected chi connectivity index (χ2v) is 6.80. The van der Waals surface area contributed by atoms with Crippen LogP contribution in [0.3, 0.4) is 0 Å². The van der Waals surface area contributed by atoms with E-state index in [1.54, 1.807) is 0 Å². The quantitative estimate of drug-likeness (QED) is 0.303. The topological polar surface area (TPSA) is 89.8 Å². The normalized spacial score (nSPS) is 11.5. The van der Waals surface area contributed by atoms with Crippen LogP contribution in [0.2, 0.25) is 0 Å². The van der Waals surface area contributed by atoms with Gasteiger partial charge in [-0.25, -0.2) is 0 Å². The number of amides is 2. The predicted octanol–water partition coefficient (Wildman–Crippen LogP) is 5.81. The van der Waals surface area contributed by atoms with Crippen LogP contribution in [0.25, 0.3) is 6.08 Å². The van der Waals surface area contributed by atoms with Crippen LogP contribution in [0.15, 0.2) is 65.3 Å². The fourth-order valence-electron chi connectivity index (χ4n) is 2.89. The van der Waals surface area contributed by atoms with E-state index < -0.39 is 35.9 Å². The molecule has 0 unspecified atom stereocenters. The molecule has 2 N–H and O–H groups in total. The summed E-state index contributed by atoms with van der Waals surface area (Å²) in [6, 6.07) is 9.49. The molecule has 2 amide bonds. The van der Waals surface area contributed by atoms with Crippen molar-refractivity contribution in [3.05, 3.63) is 77.8 Å². The highest BCUT2D eigenvalue weighted by Crippen LogP contribution is 2.37. The minimum atomic E-state index is -4.84. The Morgan fingerprint density at radius 3 is 2.43 bits per heavy atom. The van der Waals surface area contributed by atoms with E-state index in [4.69, 9.17) is 9.15 Å². The first-order valence-corrected chi connectivity index (χ1v) is 9.75. The monoisotopic (exact) mass is 496 g/mol. The number of rotatable bonds is 8. The largest absolute Gasteiger partial charge is 0.493 e. The average Bonchev–Trinajstić information content (AvgIpc) is 3.33. The molecule has 0 saturated carbocycles. The zero-order valence-corrected chi connectivity index (χ0v) is 17.9. The Balaban J connectivity index is 1.75. The van der Waals surface area contributed by atoms with Crippen molar-refractivity contribution < 1.29 is 45.4 Å². The summed E-state index contributed by atoms with van der Waals surface area (Å²) in [5.74, 6) is -1.98. The van der Waals surface area contributed by atoms with Crippen LogP contribution >= 0.6 is 0 Å². The number of carbonyl (C=O) groups is 2. The summed E-state index contributed by atoms with van der Waals surface area (Å²) >= 11 is 0. The second kappa shape index (κ2) is 10.7. The van der Waals surface area contributed by atoms with E-state index in [2.05, 4.69) is 15.4 Å². The Morgan fingerprint density at radius 2 is 1.80 bits per heavy atom. The standard InChI is InChI=1S/C23H17F5N2O5/c1-33-19-11-13(4-8-17(19)35-22(24)25)5-9-20(31)30-16-7-6-14(12-15(16)23(26,27)28)29-21(32)18-3-2-10-34-18/h2-12,22H,1H3,(H,29,32)(H,30,31)/b9-5+. The smallest absolute Gasteiger partial charge is 0.418 e. The molecule has 3 aromatic rings. The summed E-state index contributed by atoms with van der Waals surface area (Å²) in [6.07, 6.45) is -1.40. The fourth-order valence-corrected chi connectivity index (χ4v) is 2.89. The van der Waals surface area contributed by atoms with Crippen molar-refractivity contribution in [3.63, 3.8) is 0 Å². The number of carbonyl (C=O) groups excluding carboxylic acids is 2. The number of nitrogens with one attached hydrogen (secondary N) is 2. The molecule has 184 valence electrons. The fraction of sp³-hybridized carbons (Fsp3) is 0.130. The van der Waals surface area contributed by atoms with E-state index in [-0.39, 0.29) is 22.9 Å². The molecule has 7 nitrogen and oxygen atoms in total. The summed E-state index contributed by atoms with van der Waals surface area (Å²) in [4.78, 5) is 24.3. The number of ether oxygens (including phenoxy) is 2. The molecule has 0 radical (unpaired) electrons. The van der Waals surface area contributed by atoms with Crippen molar-refractivity contribution in [1.29, 1.82) is 0 Å². The second-order valence-electron chi connectivity index (χ2n) is 6.80. The summed E-state index contributed by atoms with van der Waals surface area (Å²) < 4.78 is 79.7. The van der Waals surface area contributed by atoms with Gasteiger partial charge in [0.1, 0.15) is 0 Å². The minimum absolute atomic E-state index is 0.0283. The lowest BCUT2D eigenvalue weighted by Crippen LogP contribution is -2.16. The van der Waals surface area contributed by atoms with Gasteiger partial charge >= 0.3 is 12.8 Å². The SMILES string of the molecule is COc1cc(/C=C/C(=O)Nc2ccc(NC(=O)c3ccco3)cc2C(F)(F)F)ccc1OC(F)F. The third kappa shape index (κ3) is 6.82. The molecule has 0 aliphatic heterocycles. The van der Waals surface area contributed by atoms with Gasteiger partial charge in [-0.05, 0) is 54.1 Å². The highest BCUT2D eigenvalue weighted by molar-refractivity contribution is 6.04. The van der Waals surface area contributed by atoms with Crippen molar-refractivity contribution in [2.24, 2.45) is 0 Å². The van der Waals surface area contributed by atoms with Crippen LogP contribution in [-0.4, -0.2) is 25.5 Å². The van der Waals surface area contributed by atoms with E-state index >= 15 is 0 Å². The number of hydrogen-bond donors (Lipinski definition) is 2. The zero-order chi connectivity index (χ0) is 25.6. The molecular formula is C23H17F5N2O5. The van der Waals surface area contributed by atoms with Crippen molar-refractivity contribution >= 4 is 29.3 Å². The van der Waals surface area contributed by atoms with E-state index in [9.17, 15) is 31.5 Å². The van der Waals surface area contributed by atoms with Crippen LogP contribution in [-0.2, 0) is 11.0 Å². The number of anilines is 2. The molecular weight excluding hydrogens is 479 g/mol. The number of methoxy groups -OCH3 is 1. The highest BCUT2D eigenvalue weighted by Gasteiger charge is 2.34. The molecule has 1 aromatic heterocycles. The number of benzene rings is 2. The first kappa shape index (κ1) is 25.3. The molecule has 0 bridgehead atoms. The van der Waals surface area contributed by atoms with Gasteiger partial charge < -0.3 is 24.5 Å². The molecule has 0 aliphatic carbocycles. The van der Waals surface area contributed by atoms with Crippen LogP contribution in [0.4, 0.5) is 33.3 Å². The van der Waals surface area contributed by atoms with Gasteiger partial charge in [0.15, 0.2) is 17.3 Å². The van der Waals surface area contributed by atoms with Gasteiger partial charge in [-0.3, -0.25) is 9.59 Å². The molecule has 35 heavy (non-hydrogen) atoms. The summed E-state index contributed by atoms with van der Waals surface area (Å²) in [6.45, 7) is -3.07. The number of halogens is 5. The third-order valence-corrected chi connectivity index (χ3v) is 4.42. The zero-order valence-electron chi connectivity index (χ0n) is 17.9. The van der Waals surface area contributed by atoms with Gasteiger partial charge in [-0.1, -0.05) is 6.07 Å². The highest BCUT2D eigenvalue weighted by atomic mass is 19.4. The number of furan rings is 1. The summed E-state index contributed by atoms with van der Waals surface area (Å²) in [5.41, 5.74) is -1.55. The maximum Gasteiger partial charge on any atom is 0.418 e. The Labute approximate surface area is 195 Å². The maximum absolute atomic E-state index is 13.6. The van der Waals surface area contributed by atoms with Crippen molar-refractivity contribution in [1.82, 2.24) is 0 Å². The molecule has 1 heterocycles. The van der Waals surface area contributed by atoms with Gasteiger partial charge in [0.25, 0.3) is 5.91 Å². The molecule has 0 atom stereocenters. The van der Waals surface area contributed by atoms with Gasteiger partial charge in [-0.15, -0.1) is 0 Å². The van der Waals surface area contributed by atoms with Gasteiger partial charge in [-0.2, -0.15) is 22.0 Å². The molecule has 0 aliphatic rings. The van der Waals surface area contributed by atoms with E-state index in [1.165, 1.54) is 55.8 Å². The van der Waals surface area contributed by atoms with E-state index in [0.29, 0.717) is 11.6 Å². The lowest BCUT2D eigenvalue weighted by Gasteiger charge is -2.15. The molecule has 0 fully saturated rings. The van der Waals surface area contributed by atoms with E-state index in [1.807, 2.05) is 0 Å². The number of alkyl halides is 5. The molecule has 3 rings (SSSR count). The van der Waals surface area contributed by atoms with Crippen molar-refractivity contribution in [2.75, 3.05) is 17.7 Å². The Bertz CT molecular complexity index is 1220. The molecule has 0 saturated heterocycles. The predicted molar refractivity (Wildman–Crippen MR) is 115 cm³/mol.